The van der Waals surface area contributed by atoms with E-state index in [9.17, 15) is 13.2 Å². The number of benzene rings is 2. The molecule has 178 valence electrons. The van der Waals surface area contributed by atoms with Crippen molar-refractivity contribution in [3.63, 3.8) is 0 Å². The van der Waals surface area contributed by atoms with Crippen LogP contribution in [0.1, 0.15) is 12.0 Å². The molecule has 4 rings (SSSR count). The number of morpholine rings is 1. The standard InChI is InChI=1S/C23H27N3O4S2.ClH/c1-18-6-8-19(9-7-18)32(28,29)17-10-22(27)26(12-11-25-13-15-30-16-14-25)23-24-20-4-2-3-5-21(20)31-23;/h2-9H,10-17H2,1H3;1H. The number of thiazole rings is 1. The van der Waals surface area contributed by atoms with E-state index in [-0.39, 0.29) is 35.4 Å². The van der Waals surface area contributed by atoms with Gasteiger partial charge in [0.15, 0.2) is 15.0 Å². The molecule has 0 aliphatic carbocycles. The average Bonchev–Trinajstić information content (AvgIpc) is 3.23. The number of anilines is 1. The van der Waals surface area contributed by atoms with Crippen LogP contribution < -0.4 is 4.90 Å². The van der Waals surface area contributed by atoms with Crippen LogP contribution in [0.2, 0.25) is 0 Å². The Balaban J connectivity index is 0.00000306. The zero-order valence-electron chi connectivity index (χ0n) is 18.5. The summed E-state index contributed by atoms with van der Waals surface area (Å²) in [6, 6.07) is 14.5. The second kappa shape index (κ2) is 11.4. The Labute approximate surface area is 204 Å². The Hall–Kier alpha value is -2.04. The van der Waals surface area contributed by atoms with E-state index < -0.39 is 9.84 Å². The van der Waals surface area contributed by atoms with Crippen LogP contribution in [0.25, 0.3) is 10.2 Å². The van der Waals surface area contributed by atoms with Crippen molar-refractivity contribution in [2.24, 2.45) is 0 Å². The SMILES string of the molecule is Cc1ccc(S(=O)(=O)CCC(=O)N(CCN2CCOCC2)c2nc3ccccc3s2)cc1.Cl. The minimum Gasteiger partial charge on any atom is -0.379 e. The second-order valence-corrected chi connectivity index (χ2v) is 11.0. The highest BCUT2D eigenvalue weighted by atomic mass is 35.5. The number of hydrogen-bond donors (Lipinski definition) is 0. The van der Waals surface area contributed by atoms with Crippen LogP contribution in [0.3, 0.4) is 0 Å². The number of fused-ring (bicyclic) bond motifs is 1. The molecular weight excluding hydrogens is 482 g/mol. The van der Waals surface area contributed by atoms with E-state index in [1.54, 1.807) is 29.2 Å². The van der Waals surface area contributed by atoms with Crippen molar-refractivity contribution in [1.82, 2.24) is 9.88 Å². The highest BCUT2D eigenvalue weighted by molar-refractivity contribution is 7.91. The van der Waals surface area contributed by atoms with Gasteiger partial charge in [-0.3, -0.25) is 14.6 Å². The van der Waals surface area contributed by atoms with Gasteiger partial charge in [-0.25, -0.2) is 13.4 Å². The topological polar surface area (TPSA) is 79.8 Å². The Kier molecular flexibility index (Phi) is 8.83. The van der Waals surface area contributed by atoms with Crippen molar-refractivity contribution in [2.75, 3.05) is 50.0 Å². The molecule has 33 heavy (non-hydrogen) atoms. The molecule has 1 amide bonds. The molecule has 1 saturated heterocycles. The summed E-state index contributed by atoms with van der Waals surface area (Å²) in [7, 11) is -3.54. The number of ether oxygens (including phenoxy) is 1. The van der Waals surface area contributed by atoms with Crippen molar-refractivity contribution in [1.29, 1.82) is 0 Å². The largest absolute Gasteiger partial charge is 0.379 e. The molecule has 3 aromatic rings. The van der Waals surface area contributed by atoms with Gasteiger partial charge in [-0.1, -0.05) is 41.2 Å². The first-order valence-corrected chi connectivity index (χ1v) is 13.1. The van der Waals surface area contributed by atoms with Crippen molar-refractivity contribution in [3.05, 3.63) is 54.1 Å². The predicted molar refractivity (Wildman–Crippen MR) is 134 cm³/mol. The Morgan fingerprint density at radius 3 is 2.52 bits per heavy atom. The summed E-state index contributed by atoms with van der Waals surface area (Å²) in [6.45, 7) is 6.07. The van der Waals surface area contributed by atoms with E-state index in [4.69, 9.17) is 4.74 Å². The number of aromatic nitrogens is 1. The first-order chi connectivity index (χ1) is 15.4. The highest BCUT2D eigenvalue weighted by Gasteiger charge is 2.24. The number of nitrogens with zero attached hydrogens (tertiary/aromatic N) is 3. The van der Waals surface area contributed by atoms with Gasteiger partial charge >= 0.3 is 0 Å². The maximum Gasteiger partial charge on any atom is 0.229 e. The number of amides is 1. The van der Waals surface area contributed by atoms with Gasteiger partial charge in [0.25, 0.3) is 0 Å². The number of hydrogen-bond acceptors (Lipinski definition) is 7. The summed E-state index contributed by atoms with van der Waals surface area (Å²) in [5, 5.41) is 0.609. The first-order valence-electron chi connectivity index (χ1n) is 10.7. The monoisotopic (exact) mass is 509 g/mol. The van der Waals surface area contributed by atoms with Crippen molar-refractivity contribution >= 4 is 54.8 Å². The molecule has 2 aromatic carbocycles. The van der Waals surface area contributed by atoms with Gasteiger partial charge < -0.3 is 4.74 Å². The molecule has 1 aromatic heterocycles. The van der Waals surface area contributed by atoms with Crippen molar-refractivity contribution < 1.29 is 17.9 Å². The minimum absolute atomic E-state index is 0. The zero-order valence-corrected chi connectivity index (χ0v) is 20.9. The third kappa shape index (κ3) is 6.51. The molecule has 0 bridgehead atoms. The number of halogens is 1. The summed E-state index contributed by atoms with van der Waals surface area (Å²) >= 11 is 1.45. The zero-order chi connectivity index (χ0) is 22.6. The first kappa shape index (κ1) is 25.6. The second-order valence-electron chi connectivity index (χ2n) is 7.85. The molecule has 1 fully saturated rings. The number of aryl methyl sites for hydroxylation is 1. The molecule has 0 unspecified atom stereocenters. The molecule has 2 heterocycles. The molecule has 10 heteroatoms. The molecule has 7 nitrogen and oxygen atoms in total. The number of rotatable bonds is 8. The Morgan fingerprint density at radius 2 is 1.82 bits per heavy atom. The fraction of sp³-hybridized carbons (Fsp3) is 0.391. The average molecular weight is 510 g/mol. The van der Waals surface area contributed by atoms with E-state index in [0.717, 1.165) is 28.9 Å². The highest BCUT2D eigenvalue weighted by Crippen LogP contribution is 2.29. The number of sulfone groups is 1. The van der Waals surface area contributed by atoms with Crippen LogP contribution in [0.15, 0.2) is 53.4 Å². The lowest BCUT2D eigenvalue weighted by Crippen LogP contribution is -2.43. The Morgan fingerprint density at radius 1 is 1.12 bits per heavy atom. The quantitative estimate of drug-likeness (QED) is 0.462. The lowest BCUT2D eigenvalue weighted by atomic mass is 10.2. The summed E-state index contributed by atoms with van der Waals surface area (Å²) in [5.74, 6) is -0.457. The molecule has 0 saturated carbocycles. The van der Waals surface area contributed by atoms with Crippen molar-refractivity contribution in [3.8, 4) is 0 Å². The fourth-order valence-electron chi connectivity index (χ4n) is 3.59. The molecule has 0 spiro atoms. The van der Waals surface area contributed by atoms with Gasteiger partial charge in [0, 0.05) is 32.6 Å². The van der Waals surface area contributed by atoms with Crippen LogP contribution in [-0.4, -0.2) is 69.4 Å². The van der Waals surface area contributed by atoms with Crippen LogP contribution >= 0.6 is 23.7 Å². The van der Waals surface area contributed by atoms with Gasteiger partial charge in [-0.2, -0.15) is 0 Å². The fourth-order valence-corrected chi connectivity index (χ4v) is 5.83. The van der Waals surface area contributed by atoms with Crippen LogP contribution in [0, 0.1) is 6.92 Å². The van der Waals surface area contributed by atoms with Gasteiger partial charge in [0.2, 0.25) is 5.91 Å². The van der Waals surface area contributed by atoms with E-state index in [2.05, 4.69) is 9.88 Å². The van der Waals surface area contributed by atoms with Gasteiger partial charge in [0.1, 0.15) is 0 Å². The predicted octanol–water partition coefficient (Wildman–Crippen LogP) is 3.56. The maximum atomic E-state index is 13.2. The van der Waals surface area contributed by atoms with Crippen LogP contribution in [0.5, 0.6) is 0 Å². The third-order valence-electron chi connectivity index (χ3n) is 5.52. The summed E-state index contributed by atoms with van der Waals surface area (Å²) in [6.07, 6.45) is -0.0880. The van der Waals surface area contributed by atoms with E-state index >= 15 is 0 Å². The summed E-state index contributed by atoms with van der Waals surface area (Å²) < 4.78 is 31.9. The lowest BCUT2D eigenvalue weighted by molar-refractivity contribution is -0.118. The number of carbonyl (C=O) groups is 1. The van der Waals surface area contributed by atoms with E-state index in [0.29, 0.717) is 31.4 Å². The Bertz CT molecular complexity index is 1140. The summed E-state index contributed by atoms with van der Waals surface area (Å²) in [4.78, 5) is 22.0. The number of para-hydroxylation sites is 1. The van der Waals surface area contributed by atoms with Crippen LogP contribution in [-0.2, 0) is 19.4 Å². The molecule has 0 radical (unpaired) electrons. The lowest BCUT2D eigenvalue weighted by Gasteiger charge is -2.29. The maximum absolute atomic E-state index is 13.2. The van der Waals surface area contributed by atoms with E-state index in [1.807, 2.05) is 31.2 Å². The van der Waals surface area contributed by atoms with Gasteiger partial charge in [0.05, 0.1) is 34.1 Å². The molecule has 0 atom stereocenters. The van der Waals surface area contributed by atoms with Crippen molar-refractivity contribution in [2.45, 2.75) is 18.2 Å². The normalized spacial score (nSPS) is 14.7. The van der Waals surface area contributed by atoms with Gasteiger partial charge in [-0.05, 0) is 31.2 Å². The van der Waals surface area contributed by atoms with Gasteiger partial charge in [-0.15, -0.1) is 12.4 Å². The molecule has 1 aliphatic rings. The smallest absolute Gasteiger partial charge is 0.229 e. The summed E-state index contributed by atoms with van der Waals surface area (Å²) in [5.41, 5.74) is 1.83. The minimum atomic E-state index is -3.54. The number of carbonyl (C=O) groups excluding carboxylic acids is 1. The van der Waals surface area contributed by atoms with Crippen LogP contribution in [0.4, 0.5) is 5.13 Å². The van der Waals surface area contributed by atoms with E-state index in [1.165, 1.54) is 11.3 Å². The third-order valence-corrected chi connectivity index (χ3v) is 8.31. The molecule has 1 aliphatic heterocycles. The molecular formula is C23H28ClN3O4S2. The molecule has 0 N–H and O–H groups in total.